The van der Waals surface area contributed by atoms with Crippen molar-refractivity contribution in [3.8, 4) is 0 Å². The first-order valence-electron chi connectivity index (χ1n) is 7.21. The minimum absolute atomic E-state index is 0.342. The van der Waals surface area contributed by atoms with Crippen LogP contribution in [0.1, 0.15) is 12.0 Å². The summed E-state index contributed by atoms with van der Waals surface area (Å²) >= 11 is 0. The molecule has 1 aromatic carbocycles. The third kappa shape index (κ3) is 3.80. The zero-order chi connectivity index (χ0) is 17.9. The summed E-state index contributed by atoms with van der Waals surface area (Å²) in [5, 5.41) is 4.73. The summed E-state index contributed by atoms with van der Waals surface area (Å²) in [5.74, 6) is -2.58. The number of hydrogen-bond acceptors (Lipinski definition) is 5. The van der Waals surface area contributed by atoms with Gasteiger partial charge in [-0.2, -0.15) is 0 Å². The lowest BCUT2D eigenvalue weighted by Crippen LogP contribution is -2.48. The van der Waals surface area contributed by atoms with Gasteiger partial charge in [-0.1, -0.05) is 6.07 Å². The van der Waals surface area contributed by atoms with Crippen LogP contribution in [0.2, 0.25) is 0 Å². The van der Waals surface area contributed by atoms with Gasteiger partial charge in [-0.15, -0.1) is 0 Å². The molecule has 2 aromatic rings. The van der Waals surface area contributed by atoms with Gasteiger partial charge in [-0.05, 0) is 24.6 Å². The largest absolute Gasteiger partial charge is 0.420 e. The summed E-state index contributed by atoms with van der Waals surface area (Å²) in [7, 11) is 1.37. The van der Waals surface area contributed by atoms with Crippen LogP contribution in [0, 0.1) is 6.92 Å². The van der Waals surface area contributed by atoms with Crippen molar-refractivity contribution in [2.45, 2.75) is 25.9 Å². The van der Waals surface area contributed by atoms with Gasteiger partial charge in [-0.3, -0.25) is 19.0 Å². The second-order valence-electron chi connectivity index (χ2n) is 5.33. The van der Waals surface area contributed by atoms with E-state index in [1.165, 1.54) is 7.05 Å². The maximum atomic E-state index is 12.2. The van der Waals surface area contributed by atoms with Crippen LogP contribution < -0.4 is 22.1 Å². The number of aromatic nitrogens is 1. The van der Waals surface area contributed by atoms with Crippen molar-refractivity contribution in [1.29, 1.82) is 0 Å². The molecule has 9 heteroatoms. The number of aryl methyl sites for hydroxylation is 1. The first-order valence-corrected chi connectivity index (χ1v) is 7.21. The zero-order valence-electron chi connectivity index (χ0n) is 13.3. The molecule has 2 rings (SSSR count). The Bertz CT molecular complexity index is 851. The molecule has 3 amide bonds. The van der Waals surface area contributed by atoms with Gasteiger partial charge in [-0.25, -0.2) is 4.79 Å². The predicted octanol–water partition coefficient (Wildman–Crippen LogP) is -0.991. The van der Waals surface area contributed by atoms with Gasteiger partial charge in [0.1, 0.15) is 12.6 Å². The maximum Gasteiger partial charge on any atom is 0.420 e. The average molecular weight is 334 g/mol. The van der Waals surface area contributed by atoms with Gasteiger partial charge in [0.15, 0.2) is 5.58 Å². The summed E-state index contributed by atoms with van der Waals surface area (Å²) in [6.07, 6.45) is -0.342. The van der Waals surface area contributed by atoms with E-state index >= 15 is 0 Å². The van der Waals surface area contributed by atoms with Crippen LogP contribution in [0.25, 0.3) is 11.1 Å². The number of amides is 3. The van der Waals surface area contributed by atoms with Crippen molar-refractivity contribution >= 4 is 28.8 Å². The Kier molecular flexibility index (Phi) is 5.02. The molecule has 0 aliphatic heterocycles. The number of hydrogen-bond donors (Lipinski definition) is 3. The third-order valence-corrected chi connectivity index (χ3v) is 3.43. The number of carbonyl (C=O) groups excluding carboxylic acids is 3. The molecule has 1 aromatic heterocycles. The highest BCUT2D eigenvalue weighted by Gasteiger charge is 2.23. The van der Waals surface area contributed by atoms with Crippen molar-refractivity contribution in [3.63, 3.8) is 0 Å². The number of nitrogens with two attached hydrogens (primary N) is 1. The van der Waals surface area contributed by atoms with E-state index in [1.54, 1.807) is 18.2 Å². The van der Waals surface area contributed by atoms with E-state index in [2.05, 4.69) is 10.6 Å². The van der Waals surface area contributed by atoms with Gasteiger partial charge >= 0.3 is 5.76 Å². The molecule has 0 saturated heterocycles. The Morgan fingerprint density at radius 1 is 1.33 bits per heavy atom. The van der Waals surface area contributed by atoms with E-state index in [4.69, 9.17) is 10.2 Å². The second-order valence-corrected chi connectivity index (χ2v) is 5.33. The van der Waals surface area contributed by atoms with Crippen molar-refractivity contribution < 1.29 is 18.8 Å². The summed E-state index contributed by atoms with van der Waals surface area (Å²) in [5.41, 5.74) is 6.80. The average Bonchev–Trinajstić information content (AvgIpc) is 2.81. The van der Waals surface area contributed by atoms with E-state index in [1.807, 2.05) is 6.92 Å². The van der Waals surface area contributed by atoms with Crippen LogP contribution >= 0.6 is 0 Å². The first kappa shape index (κ1) is 17.3. The molecule has 4 N–H and O–H groups in total. The monoisotopic (exact) mass is 334 g/mol. The molecule has 24 heavy (non-hydrogen) atoms. The first-order chi connectivity index (χ1) is 11.3. The van der Waals surface area contributed by atoms with Gasteiger partial charge in [0.05, 0.1) is 11.9 Å². The summed E-state index contributed by atoms with van der Waals surface area (Å²) in [6.45, 7) is 1.50. The predicted molar refractivity (Wildman–Crippen MR) is 85.0 cm³/mol. The van der Waals surface area contributed by atoms with Crippen LogP contribution in [-0.4, -0.2) is 35.4 Å². The summed E-state index contributed by atoms with van der Waals surface area (Å²) in [4.78, 5) is 46.8. The number of oxazole rings is 1. The summed E-state index contributed by atoms with van der Waals surface area (Å²) in [6, 6.07) is 4.04. The van der Waals surface area contributed by atoms with Crippen molar-refractivity contribution in [3.05, 3.63) is 34.3 Å². The quantitative estimate of drug-likeness (QED) is 0.623. The Hall–Kier alpha value is -3.10. The van der Waals surface area contributed by atoms with Crippen LogP contribution in [0.4, 0.5) is 0 Å². The molecular weight excluding hydrogens is 316 g/mol. The molecule has 0 spiro atoms. The van der Waals surface area contributed by atoms with Crippen LogP contribution in [0.15, 0.2) is 27.4 Å². The molecule has 0 aliphatic carbocycles. The van der Waals surface area contributed by atoms with Crippen molar-refractivity contribution in [2.24, 2.45) is 5.73 Å². The number of nitrogens with one attached hydrogen (secondary N) is 2. The molecule has 9 nitrogen and oxygen atoms in total. The number of nitrogens with zero attached hydrogens (tertiary/aromatic N) is 1. The number of benzene rings is 1. The molecule has 0 saturated carbocycles. The fraction of sp³-hybridized carbons (Fsp3) is 0.333. The Labute approximate surface area is 136 Å². The third-order valence-electron chi connectivity index (χ3n) is 3.43. The Morgan fingerprint density at radius 2 is 2.04 bits per heavy atom. The molecule has 128 valence electrons. The number of primary amides is 1. The van der Waals surface area contributed by atoms with Gasteiger partial charge in [0.2, 0.25) is 17.7 Å². The highest BCUT2D eigenvalue weighted by atomic mass is 16.4. The van der Waals surface area contributed by atoms with E-state index in [-0.39, 0.29) is 13.0 Å². The minimum atomic E-state index is -1.10. The van der Waals surface area contributed by atoms with Crippen molar-refractivity contribution in [2.75, 3.05) is 7.05 Å². The highest BCUT2D eigenvalue weighted by Crippen LogP contribution is 2.14. The lowest BCUT2D eigenvalue weighted by molar-refractivity contribution is -0.131. The topological polar surface area (TPSA) is 136 Å². The standard InChI is InChI=1S/C15H18N4O5/c1-8-3-4-11-10(5-8)19(15(23)24-11)7-13(21)18-9(6-12(16)20)14(22)17-2/h3-5,9H,6-7H2,1-2H3,(H2,16,20)(H,17,22)(H,18,21)/t9-/m0/s1. The molecule has 0 radical (unpaired) electrons. The molecular formula is C15H18N4O5. The van der Waals surface area contributed by atoms with Crippen LogP contribution in [0.5, 0.6) is 0 Å². The SMILES string of the molecule is CNC(=O)[C@H](CC(N)=O)NC(=O)Cn1c(=O)oc2ccc(C)cc21. The van der Waals surface area contributed by atoms with Gasteiger partial charge < -0.3 is 20.8 Å². The molecule has 0 unspecified atom stereocenters. The van der Waals surface area contributed by atoms with Crippen molar-refractivity contribution in [1.82, 2.24) is 15.2 Å². The number of rotatable bonds is 6. The molecule has 0 bridgehead atoms. The zero-order valence-corrected chi connectivity index (χ0v) is 13.3. The lowest BCUT2D eigenvalue weighted by atomic mass is 10.2. The molecule has 0 aliphatic rings. The fourth-order valence-electron chi connectivity index (χ4n) is 2.29. The fourth-order valence-corrected chi connectivity index (χ4v) is 2.29. The Morgan fingerprint density at radius 3 is 2.67 bits per heavy atom. The smallest absolute Gasteiger partial charge is 0.408 e. The lowest BCUT2D eigenvalue weighted by Gasteiger charge is -2.15. The molecule has 1 heterocycles. The minimum Gasteiger partial charge on any atom is -0.408 e. The van der Waals surface area contributed by atoms with E-state index in [0.29, 0.717) is 11.1 Å². The van der Waals surface area contributed by atoms with Gasteiger partial charge in [0, 0.05) is 7.05 Å². The van der Waals surface area contributed by atoms with Gasteiger partial charge in [0.25, 0.3) is 0 Å². The van der Waals surface area contributed by atoms with E-state index < -0.39 is 29.5 Å². The van der Waals surface area contributed by atoms with Crippen LogP contribution in [0.3, 0.4) is 0 Å². The highest BCUT2D eigenvalue weighted by molar-refractivity contribution is 5.91. The second kappa shape index (κ2) is 6.99. The molecule has 1 atom stereocenters. The summed E-state index contributed by atoms with van der Waals surface area (Å²) < 4.78 is 6.22. The number of carbonyl (C=O) groups is 3. The normalized spacial score (nSPS) is 11.9. The molecule has 0 fully saturated rings. The number of likely N-dealkylation sites (N-methyl/N-ethyl adjacent to an activating group) is 1. The number of fused-ring (bicyclic) bond motifs is 1. The van der Waals surface area contributed by atoms with Crippen LogP contribution in [-0.2, 0) is 20.9 Å². The maximum absolute atomic E-state index is 12.2. The van der Waals surface area contributed by atoms with E-state index in [9.17, 15) is 19.2 Å². The Balaban J connectivity index is 2.21. The van der Waals surface area contributed by atoms with E-state index in [0.717, 1.165) is 10.1 Å².